The zero-order valence-electron chi connectivity index (χ0n) is 22.2. The number of piperidine rings is 1. The van der Waals surface area contributed by atoms with E-state index in [1.54, 1.807) is 18.2 Å². The maximum atomic E-state index is 13.2. The summed E-state index contributed by atoms with van der Waals surface area (Å²) < 4.78 is 5.84. The maximum absolute atomic E-state index is 13.2. The first-order valence-electron chi connectivity index (χ1n) is 13.4. The van der Waals surface area contributed by atoms with E-state index in [1.807, 2.05) is 0 Å². The zero-order valence-corrected chi connectivity index (χ0v) is 23.7. The lowest BCUT2D eigenvalue weighted by atomic mass is 10.00. The van der Waals surface area contributed by atoms with Gasteiger partial charge < -0.3 is 19.9 Å². The minimum absolute atomic E-state index is 0.0452. The monoisotopic (exact) mass is 566 g/mol. The lowest BCUT2D eigenvalue weighted by molar-refractivity contribution is 0.0932. The largest absolute Gasteiger partial charge is 0.455 e. The summed E-state index contributed by atoms with van der Waals surface area (Å²) in [4.78, 5) is 28.4. The summed E-state index contributed by atoms with van der Waals surface area (Å²) in [5, 5.41) is 4.06. The highest BCUT2D eigenvalue weighted by molar-refractivity contribution is 6.40. The van der Waals surface area contributed by atoms with Gasteiger partial charge in [-0.2, -0.15) is 4.98 Å². The molecule has 8 nitrogen and oxygen atoms in total. The lowest BCUT2D eigenvalue weighted by Gasteiger charge is -2.37. The van der Waals surface area contributed by atoms with Crippen molar-refractivity contribution in [2.24, 2.45) is 5.92 Å². The van der Waals surface area contributed by atoms with Crippen LogP contribution in [0.25, 0.3) is 0 Å². The number of amides is 1. The van der Waals surface area contributed by atoms with E-state index in [9.17, 15) is 4.79 Å². The Balaban J connectivity index is 1.20. The third kappa shape index (κ3) is 5.51. The van der Waals surface area contributed by atoms with Gasteiger partial charge in [0, 0.05) is 36.7 Å². The van der Waals surface area contributed by atoms with Gasteiger partial charge in [0.25, 0.3) is 5.91 Å². The summed E-state index contributed by atoms with van der Waals surface area (Å²) in [6.07, 6.45) is 7.53. The van der Waals surface area contributed by atoms with E-state index in [0.29, 0.717) is 27.7 Å². The van der Waals surface area contributed by atoms with Crippen molar-refractivity contribution < 1.29 is 9.53 Å². The second-order valence-electron chi connectivity index (χ2n) is 10.8. The minimum Gasteiger partial charge on any atom is -0.455 e. The van der Waals surface area contributed by atoms with Crippen molar-refractivity contribution in [1.82, 2.24) is 14.9 Å². The van der Waals surface area contributed by atoms with Gasteiger partial charge in [-0.15, -0.1) is 0 Å². The van der Waals surface area contributed by atoms with E-state index in [0.717, 1.165) is 31.1 Å². The predicted molar refractivity (Wildman–Crippen MR) is 156 cm³/mol. The van der Waals surface area contributed by atoms with Gasteiger partial charge in [0.15, 0.2) is 6.73 Å². The molecule has 3 aliphatic rings. The molecule has 0 bridgehead atoms. The lowest BCUT2D eigenvalue weighted by Crippen LogP contribution is -2.42. The maximum Gasteiger partial charge on any atom is 0.268 e. The van der Waals surface area contributed by atoms with Crippen LogP contribution < -0.4 is 19.9 Å². The topological polar surface area (TPSA) is 73.8 Å². The third-order valence-electron chi connectivity index (χ3n) is 7.84. The molecular weight excluding hydrogens is 535 g/mol. The van der Waals surface area contributed by atoms with E-state index >= 15 is 0 Å². The van der Waals surface area contributed by atoms with Crippen LogP contribution >= 0.6 is 23.2 Å². The highest BCUT2D eigenvalue weighted by Crippen LogP contribution is 2.39. The first-order valence-corrected chi connectivity index (χ1v) is 14.2. The number of nitrogens with zero attached hydrogens (tertiary/aromatic N) is 5. The Hall–Kier alpha value is -3.07. The average Bonchev–Trinajstić information content (AvgIpc) is 3.74. The molecule has 2 aromatic carbocycles. The Bertz CT molecular complexity index is 1370. The Morgan fingerprint density at radius 2 is 1.82 bits per heavy atom. The van der Waals surface area contributed by atoms with Crippen LogP contribution in [-0.2, 0) is 6.42 Å². The average molecular weight is 568 g/mol. The molecule has 0 atom stereocenters. The summed E-state index contributed by atoms with van der Waals surface area (Å²) in [5.41, 5.74) is 4.29. The number of hydrogen-bond donors (Lipinski definition) is 1. The molecule has 0 radical (unpaired) electrons. The number of carbonyl (C=O) groups excluding carboxylic acids is 1. The van der Waals surface area contributed by atoms with Crippen molar-refractivity contribution in [1.29, 1.82) is 0 Å². The number of fused-ring (bicyclic) bond motifs is 1. The molecule has 3 heterocycles. The molecule has 1 aliphatic carbocycles. The normalized spacial score (nSPS) is 17.8. The summed E-state index contributed by atoms with van der Waals surface area (Å²) >= 11 is 12.6. The number of hydrogen-bond acceptors (Lipinski definition) is 7. The van der Waals surface area contributed by atoms with Crippen LogP contribution in [0.1, 0.15) is 41.6 Å². The van der Waals surface area contributed by atoms with Gasteiger partial charge in [-0.05, 0) is 88.0 Å². The Kier molecular flexibility index (Phi) is 7.27. The van der Waals surface area contributed by atoms with Gasteiger partial charge in [-0.3, -0.25) is 9.69 Å². The van der Waals surface area contributed by atoms with E-state index in [1.165, 1.54) is 48.0 Å². The summed E-state index contributed by atoms with van der Waals surface area (Å²) in [6, 6.07) is 12.3. The number of aromatic nitrogens is 2. The number of rotatable bonds is 7. The third-order valence-corrected chi connectivity index (χ3v) is 8.45. The number of anilines is 4. The molecule has 1 N–H and O–H groups in total. The van der Waals surface area contributed by atoms with Crippen LogP contribution in [-0.4, -0.2) is 60.7 Å². The first-order chi connectivity index (χ1) is 18.9. The van der Waals surface area contributed by atoms with Crippen LogP contribution in [0.3, 0.4) is 0 Å². The van der Waals surface area contributed by atoms with Gasteiger partial charge in [0.05, 0.1) is 15.7 Å². The Labute approximate surface area is 238 Å². The SMILES string of the molecule is CN(C)C1CCN(c2ccc(Nc3ncc4c(n3)OCN(c3c(Cl)cccc3Cl)C4=O)cc2CC2CC2)CC1. The minimum atomic E-state index is -0.313. The standard InChI is InChI=1S/C29H32Cl2N6O2/c1-35(2)21-10-12-36(13-11-21)25-9-8-20(15-19(25)14-18-6-7-18)33-29-32-16-22-27(34-29)39-17-37(28(22)38)26-23(30)4-3-5-24(26)31/h3-5,8-9,15-16,18,21H,6-7,10-14,17H2,1-2H3,(H,32,33,34). The molecule has 0 unspecified atom stereocenters. The fourth-order valence-electron chi connectivity index (χ4n) is 5.45. The summed E-state index contributed by atoms with van der Waals surface area (Å²) in [6.45, 7) is 2.10. The van der Waals surface area contributed by atoms with Crippen molar-refractivity contribution in [3.05, 3.63) is 63.8 Å². The van der Waals surface area contributed by atoms with Crippen molar-refractivity contribution in [2.45, 2.75) is 38.1 Å². The smallest absolute Gasteiger partial charge is 0.268 e. The summed E-state index contributed by atoms with van der Waals surface area (Å²) in [5.74, 6) is 1.07. The van der Waals surface area contributed by atoms with E-state index < -0.39 is 0 Å². The Morgan fingerprint density at radius 1 is 1.08 bits per heavy atom. The molecule has 1 saturated carbocycles. The van der Waals surface area contributed by atoms with Gasteiger partial charge in [0.1, 0.15) is 5.56 Å². The highest BCUT2D eigenvalue weighted by atomic mass is 35.5. The Morgan fingerprint density at radius 3 is 2.51 bits per heavy atom. The van der Waals surface area contributed by atoms with Gasteiger partial charge in [-0.1, -0.05) is 29.3 Å². The fraction of sp³-hybridized carbons (Fsp3) is 0.414. The van der Waals surface area contributed by atoms with Crippen LogP contribution in [0.2, 0.25) is 10.0 Å². The quantitative estimate of drug-likeness (QED) is 0.375. The molecule has 204 valence electrons. The van der Waals surface area contributed by atoms with Crippen LogP contribution in [0.5, 0.6) is 5.88 Å². The number of carbonyl (C=O) groups is 1. The molecule has 1 aromatic heterocycles. The van der Waals surface area contributed by atoms with E-state index in [4.69, 9.17) is 27.9 Å². The molecule has 6 rings (SSSR count). The molecule has 10 heteroatoms. The highest BCUT2D eigenvalue weighted by Gasteiger charge is 2.32. The summed E-state index contributed by atoms with van der Waals surface area (Å²) in [7, 11) is 4.35. The molecule has 0 spiro atoms. The van der Waals surface area contributed by atoms with Crippen LogP contribution in [0.4, 0.5) is 23.0 Å². The van der Waals surface area contributed by atoms with Crippen LogP contribution in [0, 0.1) is 5.92 Å². The van der Waals surface area contributed by atoms with E-state index in [2.05, 4.69) is 57.4 Å². The second kappa shape index (κ2) is 10.8. The number of ether oxygens (including phenoxy) is 1. The molecule has 2 fully saturated rings. The van der Waals surface area contributed by atoms with Gasteiger partial charge in [-0.25, -0.2) is 4.98 Å². The number of nitrogens with one attached hydrogen (secondary N) is 1. The van der Waals surface area contributed by atoms with Crippen molar-refractivity contribution in [3.8, 4) is 5.88 Å². The van der Waals surface area contributed by atoms with Crippen LogP contribution in [0.15, 0.2) is 42.6 Å². The second-order valence-corrected chi connectivity index (χ2v) is 11.6. The molecule has 39 heavy (non-hydrogen) atoms. The molecule has 1 amide bonds. The molecular formula is C29H32Cl2N6O2. The number of benzene rings is 2. The van der Waals surface area contributed by atoms with Crippen molar-refractivity contribution >= 4 is 52.1 Å². The first kappa shape index (κ1) is 26.2. The van der Waals surface area contributed by atoms with Gasteiger partial charge in [0.2, 0.25) is 11.8 Å². The molecule has 1 saturated heterocycles. The predicted octanol–water partition coefficient (Wildman–Crippen LogP) is 6.01. The van der Waals surface area contributed by atoms with Gasteiger partial charge >= 0.3 is 0 Å². The zero-order chi connectivity index (χ0) is 27.1. The number of halogens is 2. The fourth-order valence-corrected chi connectivity index (χ4v) is 6.05. The van der Waals surface area contributed by atoms with Crippen molar-refractivity contribution in [3.63, 3.8) is 0 Å². The van der Waals surface area contributed by atoms with E-state index in [-0.39, 0.29) is 24.1 Å². The molecule has 3 aromatic rings. The number of para-hydroxylation sites is 1. The van der Waals surface area contributed by atoms with Crippen molar-refractivity contribution in [2.75, 3.05) is 49.0 Å². The molecule has 2 aliphatic heterocycles.